The van der Waals surface area contributed by atoms with Crippen LogP contribution in [-0.2, 0) is 4.79 Å². The van der Waals surface area contributed by atoms with Gasteiger partial charge in [-0.3, -0.25) is 4.79 Å². The summed E-state index contributed by atoms with van der Waals surface area (Å²) in [4.78, 5) is 13.5. The number of hydrogen-bond donors (Lipinski definition) is 2. The molecule has 0 radical (unpaired) electrons. The molecule has 1 saturated heterocycles. The van der Waals surface area contributed by atoms with Crippen molar-refractivity contribution in [2.24, 2.45) is 0 Å². The van der Waals surface area contributed by atoms with Gasteiger partial charge in [0.2, 0.25) is 5.91 Å². The molecule has 1 rings (SSSR count). The monoisotopic (exact) mass is 215 g/mol. The van der Waals surface area contributed by atoms with E-state index in [0.717, 1.165) is 25.9 Å². The van der Waals surface area contributed by atoms with Crippen LogP contribution in [0, 0.1) is 0 Å². The second kappa shape index (κ2) is 5.80. The van der Waals surface area contributed by atoms with Crippen LogP contribution in [0.15, 0.2) is 0 Å². The minimum atomic E-state index is 0.230. The number of rotatable bonds is 3. The summed E-state index contributed by atoms with van der Waals surface area (Å²) in [6.07, 6.45) is 2.82. The molecular formula is C9H17N3OS. The van der Waals surface area contributed by atoms with Crippen LogP contribution in [0.3, 0.4) is 0 Å². The molecule has 0 bridgehead atoms. The van der Waals surface area contributed by atoms with Gasteiger partial charge in [0, 0.05) is 33.1 Å². The maximum absolute atomic E-state index is 11.5. The molecule has 1 heterocycles. The first-order chi connectivity index (χ1) is 6.74. The van der Waals surface area contributed by atoms with Gasteiger partial charge < -0.3 is 15.5 Å². The van der Waals surface area contributed by atoms with Gasteiger partial charge in [-0.15, -0.1) is 0 Å². The molecule has 4 nitrogen and oxygen atoms in total. The summed E-state index contributed by atoms with van der Waals surface area (Å²) in [6.45, 7) is 2.47. The summed E-state index contributed by atoms with van der Waals surface area (Å²) >= 11 is 4.89. The molecule has 1 aliphatic rings. The van der Waals surface area contributed by atoms with E-state index in [1.54, 1.807) is 7.05 Å². The van der Waals surface area contributed by atoms with Gasteiger partial charge in [0.15, 0.2) is 5.11 Å². The summed E-state index contributed by atoms with van der Waals surface area (Å²) in [5.41, 5.74) is 0. The molecular weight excluding hydrogens is 198 g/mol. The van der Waals surface area contributed by atoms with Gasteiger partial charge in [-0.25, -0.2) is 0 Å². The third-order valence-corrected chi connectivity index (χ3v) is 2.66. The van der Waals surface area contributed by atoms with Gasteiger partial charge in [0.05, 0.1) is 0 Å². The second-order valence-corrected chi connectivity index (χ2v) is 3.75. The summed E-state index contributed by atoms with van der Waals surface area (Å²) in [5, 5.41) is 6.36. The SMILES string of the molecule is CNC(=S)NCCC(=O)N1CCCC1. The molecule has 5 heteroatoms. The van der Waals surface area contributed by atoms with Crippen LogP contribution in [0.1, 0.15) is 19.3 Å². The highest BCUT2D eigenvalue weighted by molar-refractivity contribution is 7.80. The number of nitrogens with zero attached hydrogens (tertiary/aromatic N) is 1. The fraction of sp³-hybridized carbons (Fsp3) is 0.778. The molecule has 1 amide bonds. The summed E-state index contributed by atoms with van der Waals surface area (Å²) in [5.74, 6) is 0.230. The largest absolute Gasteiger partial charge is 0.366 e. The highest BCUT2D eigenvalue weighted by Gasteiger charge is 2.16. The molecule has 14 heavy (non-hydrogen) atoms. The minimum Gasteiger partial charge on any atom is -0.366 e. The number of thiocarbonyl (C=S) groups is 1. The summed E-state index contributed by atoms with van der Waals surface area (Å²) in [6, 6.07) is 0. The van der Waals surface area contributed by atoms with Crippen molar-refractivity contribution < 1.29 is 4.79 Å². The molecule has 2 N–H and O–H groups in total. The third-order valence-electron chi connectivity index (χ3n) is 2.31. The number of likely N-dealkylation sites (tertiary alicyclic amines) is 1. The van der Waals surface area contributed by atoms with E-state index in [9.17, 15) is 4.79 Å². The smallest absolute Gasteiger partial charge is 0.224 e. The van der Waals surface area contributed by atoms with Gasteiger partial charge in [-0.2, -0.15) is 0 Å². The Morgan fingerprint density at radius 2 is 2.07 bits per heavy atom. The van der Waals surface area contributed by atoms with Crippen LogP contribution >= 0.6 is 12.2 Å². The Balaban J connectivity index is 2.11. The van der Waals surface area contributed by atoms with Gasteiger partial charge in [-0.1, -0.05) is 0 Å². The van der Waals surface area contributed by atoms with Crippen molar-refractivity contribution >= 4 is 23.2 Å². The lowest BCUT2D eigenvalue weighted by molar-refractivity contribution is -0.129. The van der Waals surface area contributed by atoms with Crippen LogP contribution in [0.4, 0.5) is 0 Å². The summed E-state index contributed by atoms with van der Waals surface area (Å²) in [7, 11) is 1.76. The zero-order valence-corrected chi connectivity index (χ0v) is 9.32. The van der Waals surface area contributed by atoms with E-state index >= 15 is 0 Å². The zero-order valence-electron chi connectivity index (χ0n) is 8.51. The number of hydrogen-bond acceptors (Lipinski definition) is 2. The van der Waals surface area contributed by atoms with Crippen molar-refractivity contribution in [3.05, 3.63) is 0 Å². The van der Waals surface area contributed by atoms with Gasteiger partial charge >= 0.3 is 0 Å². The van der Waals surface area contributed by atoms with E-state index in [1.807, 2.05) is 4.90 Å². The zero-order chi connectivity index (χ0) is 10.4. The molecule has 0 atom stereocenters. The predicted octanol–water partition coefficient (Wildman–Crippen LogP) is 0.0928. The molecule has 0 spiro atoms. The normalized spacial score (nSPS) is 15.4. The minimum absolute atomic E-state index is 0.230. The van der Waals surface area contributed by atoms with Gasteiger partial charge in [0.1, 0.15) is 0 Å². The van der Waals surface area contributed by atoms with Crippen molar-refractivity contribution in [1.29, 1.82) is 0 Å². The fourth-order valence-electron chi connectivity index (χ4n) is 1.50. The highest BCUT2D eigenvalue weighted by Crippen LogP contribution is 2.08. The molecule has 0 aromatic rings. The Morgan fingerprint density at radius 1 is 1.43 bits per heavy atom. The van der Waals surface area contributed by atoms with E-state index in [0.29, 0.717) is 18.1 Å². The van der Waals surface area contributed by atoms with Crippen molar-refractivity contribution in [2.75, 3.05) is 26.7 Å². The van der Waals surface area contributed by atoms with E-state index < -0.39 is 0 Å². The lowest BCUT2D eigenvalue weighted by Gasteiger charge is -2.15. The number of amides is 1. The van der Waals surface area contributed by atoms with Crippen molar-refractivity contribution in [3.63, 3.8) is 0 Å². The quantitative estimate of drug-likeness (QED) is 0.655. The van der Waals surface area contributed by atoms with Crippen LogP contribution in [0.5, 0.6) is 0 Å². The van der Waals surface area contributed by atoms with Gasteiger partial charge in [0.25, 0.3) is 0 Å². The van der Waals surface area contributed by atoms with Crippen molar-refractivity contribution in [1.82, 2.24) is 15.5 Å². The topological polar surface area (TPSA) is 44.4 Å². The van der Waals surface area contributed by atoms with Crippen LogP contribution in [-0.4, -0.2) is 42.6 Å². The highest BCUT2D eigenvalue weighted by atomic mass is 32.1. The Morgan fingerprint density at radius 3 is 2.64 bits per heavy atom. The Labute approximate surface area is 90.0 Å². The van der Waals surface area contributed by atoms with Gasteiger partial charge in [-0.05, 0) is 25.1 Å². The molecule has 0 saturated carbocycles. The Hall–Kier alpha value is -0.840. The van der Waals surface area contributed by atoms with E-state index in [4.69, 9.17) is 12.2 Å². The maximum atomic E-state index is 11.5. The van der Waals surface area contributed by atoms with E-state index in [-0.39, 0.29) is 5.91 Å². The number of carbonyl (C=O) groups excluding carboxylic acids is 1. The molecule has 1 aliphatic heterocycles. The van der Waals surface area contributed by atoms with E-state index in [2.05, 4.69) is 10.6 Å². The lowest BCUT2D eigenvalue weighted by atomic mass is 10.3. The predicted molar refractivity (Wildman–Crippen MR) is 60.1 cm³/mol. The molecule has 0 unspecified atom stereocenters. The molecule has 0 aliphatic carbocycles. The first kappa shape index (κ1) is 11.2. The molecule has 1 fully saturated rings. The first-order valence-corrected chi connectivity index (χ1v) is 5.38. The number of carbonyl (C=O) groups is 1. The molecule has 80 valence electrons. The Kier molecular flexibility index (Phi) is 4.65. The van der Waals surface area contributed by atoms with E-state index in [1.165, 1.54) is 0 Å². The maximum Gasteiger partial charge on any atom is 0.224 e. The average Bonchev–Trinajstić information content (AvgIpc) is 2.70. The van der Waals surface area contributed by atoms with Crippen molar-refractivity contribution in [3.8, 4) is 0 Å². The lowest BCUT2D eigenvalue weighted by Crippen LogP contribution is -2.36. The standard InChI is InChI=1S/C9H17N3OS/c1-10-9(14)11-5-4-8(13)12-6-2-3-7-12/h2-7H2,1H3,(H2,10,11,14). The number of nitrogens with one attached hydrogen (secondary N) is 2. The molecule has 0 aromatic carbocycles. The van der Waals surface area contributed by atoms with Crippen molar-refractivity contribution in [2.45, 2.75) is 19.3 Å². The average molecular weight is 215 g/mol. The third kappa shape index (κ3) is 3.49. The van der Waals surface area contributed by atoms with Crippen LogP contribution in [0.25, 0.3) is 0 Å². The first-order valence-electron chi connectivity index (χ1n) is 4.97. The van der Waals surface area contributed by atoms with Crippen LogP contribution in [0.2, 0.25) is 0 Å². The van der Waals surface area contributed by atoms with Crippen LogP contribution < -0.4 is 10.6 Å². The fourth-order valence-corrected chi connectivity index (χ4v) is 1.60. The second-order valence-electron chi connectivity index (χ2n) is 3.34. The summed E-state index contributed by atoms with van der Waals surface area (Å²) < 4.78 is 0. The Bertz CT molecular complexity index is 214. The molecule has 0 aromatic heterocycles.